The molecular weight excluding hydrogens is 468 g/mol. The average Bonchev–Trinajstić information content (AvgIpc) is 2.78. The SMILES string of the molecule is COc1ncc(C(=O)O)c(-c2ccccc2)n1.C[N-]Cc1cc(C(F)(F)F)cc(C(F)(F)F)c1. The fourth-order valence-corrected chi connectivity index (χ4v) is 2.73. The van der Waals surface area contributed by atoms with Crippen molar-refractivity contribution in [2.75, 3.05) is 14.2 Å². The van der Waals surface area contributed by atoms with Crippen molar-refractivity contribution in [3.05, 3.63) is 82.3 Å². The van der Waals surface area contributed by atoms with Crippen LogP contribution < -0.4 is 4.74 Å². The normalized spacial score (nSPS) is 11.4. The summed E-state index contributed by atoms with van der Waals surface area (Å²) in [7, 11) is 2.75. The van der Waals surface area contributed by atoms with Crippen LogP contribution in [0.4, 0.5) is 26.3 Å². The molecule has 0 saturated carbocycles. The first kappa shape index (κ1) is 26.6. The Hall–Kier alpha value is -3.67. The third-order valence-corrected chi connectivity index (χ3v) is 4.22. The number of carbonyl (C=O) groups is 1. The van der Waals surface area contributed by atoms with Gasteiger partial charge in [-0.1, -0.05) is 35.9 Å². The Balaban J connectivity index is 0.000000240. The number of carboxylic acid groups (broad SMARTS) is 1. The first-order chi connectivity index (χ1) is 15.9. The van der Waals surface area contributed by atoms with E-state index in [-0.39, 0.29) is 29.7 Å². The van der Waals surface area contributed by atoms with Crippen molar-refractivity contribution in [2.24, 2.45) is 0 Å². The lowest BCUT2D eigenvalue weighted by Gasteiger charge is -2.17. The van der Waals surface area contributed by atoms with E-state index in [0.29, 0.717) is 23.4 Å². The highest BCUT2D eigenvalue weighted by atomic mass is 19.4. The number of ether oxygens (including phenoxy) is 1. The minimum absolute atomic E-state index is 0.0528. The number of nitrogens with zero attached hydrogens (tertiary/aromatic N) is 3. The molecule has 0 spiro atoms. The predicted molar refractivity (Wildman–Crippen MR) is 110 cm³/mol. The summed E-state index contributed by atoms with van der Waals surface area (Å²) in [6.45, 7) is -0.188. The predicted octanol–water partition coefficient (Wildman–Crippen LogP) is 6.08. The molecule has 0 radical (unpaired) electrons. The molecule has 0 aliphatic heterocycles. The van der Waals surface area contributed by atoms with Gasteiger partial charge >= 0.3 is 24.3 Å². The van der Waals surface area contributed by atoms with Crippen molar-refractivity contribution in [1.29, 1.82) is 0 Å². The smallest absolute Gasteiger partial charge is 0.416 e. The van der Waals surface area contributed by atoms with Crippen LogP contribution in [0.15, 0.2) is 54.7 Å². The summed E-state index contributed by atoms with van der Waals surface area (Å²) < 4.78 is 79.2. The lowest BCUT2D eigenvalue weighted by atomic mass is 10.0. The maximum absolute atomic E-state index is 12.4. The molecule has 182 valence electrons. The molecule has 0 aliphatic carbocycles. The summed E-state index contributed by atoms with van der Waals surface area (Å²) in [4.78, 5) is 18.9. The van der Waals surface area contributed by atoms with Gasteiger partial charge in [0.05, 0.1) is 23.9 Å². The minimum atomic E-state index is -4.80. The third kappa shape index (κ3) is 7.17. The fraction of sp³-hybridized carbons (Fsp3) is 0.227. The fourth-order valence-electron chi connectivity index (χ4n) is 2.73. The Morgan fingerprint density at radius 1 is 1.00 bits per heavy atom. The quantitative estimate of drug-likeness (QED) is 0.442. The van der Waals surface area contributed by atoms with Gasteiger partial charge in [0.15, 0.2) is 0 Å². The number of methoxy groups -OCH3 is 1. The number of halogens is 6. The molecular formula is C22H18F6N3O3-. The van der Waals surface area contributed by atoms with Gasteiger partial charge in [0.25, 0.3) is 0 Å². The van der Waals surface area contributed by atoms with Crippen LogP contribution in [0.3, 0.4) is 0 Å². The van der Waals surface area contributed by atoms with E-state index in [9.17, 15) is 31.1 Å². The molecule has 1 N–H and O–H groups in total. The topological polar surface area (TPSA) is 86.4 Å². The van der Waals surface area contributed by atoms with E-state index in [1.807, 2.05) is 18.2 Å². The van der Waals surface area contributed by atoms with Crippen molar-refractivity contribution < 1.29 is 41.0 Å². The lowest BCUT2D eigenvalue weighted by Crippen LogP contribution is -2.11. The number of aromatic carboxylic acids is 1. The number of carboxylic acids is 1. The van der Waals surface area contributed by atoms with E-state index >= 15 is 0 Å². The lowest BCUT2D eigenvalue weighted by molar-refractivity contribution is -0.143. The molecule has 3 rings (SSSR count). The van der Waals surface area contributed by atoms with Gasteiger partial charge in [-0.25, -0.2) is 9.78 Å². The van der Waals surface area contributed by atoms with Crippen molar-refractivity contribution in [3.63, 3.8) is 0 Å². The van der Waals surface area contributed by atoms with E-state index < -0.39 is 29.4 Å². The molecule has 0 bridgehead atoms. The van der Waals surface area contributed by atoms with Crippen LogP contribution in [-0.2, 0) is 18.9 Å². The van der Waals surface area contributed by atoms with E-state index in [2.05, 4.69) is 15.3 Å². The molecule has 0 unspecified atom stereocenters. The number of aromatic nitrogens is 2. The summed E-state index contributed by atoms with van der Waals surface area (Å²) in [5.74, 6) is -1.06. The summed E-state index contributed by atoms with van der Waals surface area (Å²) in [5, 5.41) is 12.6. The monoisotopic (exact) mass is 486 g/mol. The minimum Gasteiger partial charge on any atom is -0.661 e. The van der Waals surface area contributed by atoms with Crippen molar-refractivity contribution in [1.82, 2.24) is 9.97 Å². The molecule has 0 saturated heterocycles. The molecule has 12 heteroatoms. The van der Waals surface area contributed by atoms with E-state index in [1.165, 1.54) is 20.4 Å². The molecule has 0 aliphatic rings. The maximum Gasteiger partial charge on any atom is 0.416 e. The number of alkyl halides is 6. The van der Waals surface area contributed by atoms with Crippen molar-refractivity contribution in [3.8, 4) is 17.3 Å². The Labute approximate surface area is 190 Å². The van der Waals surface area contributed by atoms with Gasteiger partial charge < -0.3 is 15.2 Å². The molecule has 34 heavy (non-hydrogen) atoms. The molecule has 1 heterocycles. The number of hydrogen-bond acceptors (Lipinski definition) is 4. The second-order valence-corrected chi connectivity index (χ2v) is 6.68. The Kier molecular flexibility index (Phi) is 8.57. The summed E-state index contributed by atoms with van der Waals surface area (Å²) in [5.41, 5.74) is -1.63. The van der Waals surface area contributed by atoms with Gasteiger partial charge in [-0.05, 0) is 18.2 Å². The van der Waals surface area contributed by atoms with E-state index in [0.717, 1.165) is 0 Å². The Morgan fingerprint density at radius 3 is 2.00 bits per heavy atom. The number of rotatable bonds is 5. The second-order valence-electron chi connectivity index (χ2n) is 6.68. The van der Waals surface area contributed by atoms with Gasteiger partial charge in [-0.2, -0.15) is 38.4 Å². The van der Waals surface area contributed by atoms with Crippen LogP contribution >= 0.6 is 0 Å². The summed E-state index contributed by atoms with van der Waals surface area (Å²) >= 11 is 0. The van der Waals surface area contributed by atoms with E-state index in [1.54, 1.807) is 12.1 Å². The Morgan fingerprint density at radius 2 is 1.56 bits per heavy atom. The van der Waals surface area contributed by atoms with Crippen LogP contribution in [0, 0.1) is 0 Å². The van der Waals surface area contributed by atoms with Crippen molar-refractivity contribution >= 4 is 5.97 Å². The second kappa shape index (κ2) is 11.0. The highest BCUT2D eigenvalue weighted by molar-refractivity contribution is 5.94. The zero-order chi connectivity index (χ0) is 25.5. The molecule has 0 atom stereocenters. The Bertz CT molecular complexity index is 1090. The molecule has 3 aromatic rings. The zero-order valence-electron chi connectivity index (χ0n) is 17.8. The summed E-state index contributed by atoms with van der Waals surface area (Å²) in [6.07, 6.45) is -8.36. The molecule has 0 amide bonds. The zero-order valence-corrected chi connectivity index (χ0v) is 17.8. The highest BCUT2D eigenvalue weighted by Crippen LogP contribution is 2.36. The van der Waals surface area contributed by atoms with Crippen LogP contribution in [0.5, 0.6) is 6.01 Å². The van der Waals surface area contributed by atoms with Crippen LogP contribution in [0.1, 0.15) is 27.0 Å². The van der Waals surface area contributed by atoms with Crippen LogP contribution in [0.2, 0.25) is 0 Å². The van der Waals surface area contributed by atoms with Gasteiger partial charge in [0.1, 0.15) is 5.56 Å². The van der Waals surface area contributed by atoms with Crippen molar-refractivity contribution in [2.45, 2.75) is 18.9 Å². The standard InChI is InChI=1S/C12H10N2O3.C10H8F6N/c1-17-12-13-7-9(11(15)16)10(14-12)8-5-3-2-4-6-8;1-17-5-6-2-7(9(11,12)13)4-8(3-6)10(14,15)16/h2-7H,1H3,(H,15,16);2-4H,5H2,1H3/q;-1. The highest BCUT2D eigenvalue weighted by Gasteiger charge is 2.36. The molecule has 2 aromatic carbocycles. The number of hydrogen-bond donors (Lipinski definition) is 1. The summed E-state index contributed by atoms with van der Waals surface area (Å²) in [6, 6.07) is 10.6. The van der Waals surface area contributed by atoms with Gasteiger partial charge in [0.2, 0.25) is 0 Å². The average molecular weight is 486 g/mol. The van der Waals surface area contributed by atoms with Crippen LogP contribution in [-0.4, -0.2) is 35.2 Å². The molecule has 0 fully saturated rings. The maximum atomic E-state index is 12.4. The van der Waals surface area contributed by atoms with Gasteiger partial charge in [-0.3, -0.25) is 0 Å². The van der Waals surface area contributed by atoms with Crippen LogP contribution in [0.25, 0.3) is 16.6 Å². The molecule has 6 nitrogen and oxygen atoms in total. The van der Waals surface area contributed by atoms with Gasteiger partial charge in [-0.15, -0.1) is 6.54 Å². The van der Waals surface area contributed by atoms with Gasteiger partial charge in [0, 0.05) is 11.8 Å². The molecule has 1 aromatic heterocycles. The first-order valence-electron chi connectivity index (χ1n) is 9.40. The van der Waals surface area contributed by atoms with E-state index in [4.69, 9.17) is 9.84 Å². The number of benzene rings is 2. The third-order valence-electron chi connectivity index (χ3n) is 4.22. The largest absolute Gasteiger partial charge is 0.661 e. The first-order valence-corrected chi connectivity index (χ1v) is 9.40.